The molecule has 0 saturated carbocycles. The summed E-state index contributed by atoms with van der Waals surface area (Å²) in [7, 11) is 3.08. The molecule has 1 saturated heterocycles. The number of hydrogen-bond acceptors (Lipinski definition) is 6. The van der Waals surface area contributed by atoms with Gasteiger partial charge in [-0.25, -0.2) is 0 Å². The highest BCUT2D eigenvalue weighted by atomic mass is 16.5. The van der Waals surface area contributed by atoms with Gasteiger partial charge in [0.2, 0.25) is 0 Å². The first kappa shape index (κ1) is 24.3. The van der Waals surface area contributed by atoms with Crippen LogP contribution in [0.4, 0.5) is 0 Å². The number of nitrogens with zero attached hydrogens (tertiary/aromatic N) is 2. The van der Waals surface area contributed by atoms with Gasteiger partial charge in [-0.15, -0.1) is 0 Å². The Bertz CT molecular complexity index is 1030. The molecule has 3 rings (SSSR count). The van der Waals surface area contributed by atoms with Crippen LogP contribution in [0.1, 0.15) is 37.4 Å². The zero-order valence-corrected chi connectivity index (χ0v) is 19.7. The highest BCUT2D eigenvalue weighted by molar-refractivity contribution is 6.46. The molecule has 2 aromatic rings. The summed E-state index contributed by atoms with van der Waals surface area (Å²) < 4.78 is 10.8. The number of ether oxygens (including phenoxy) is 2. The standard InChI is InChI=1S/C26H32N2O5/c1-5-27(6-2)15-10-16-28-23(20-13-7-8-14-21(20)33-4)22(25(30)26(28)31)24(29)18-11-9-12-19(17-18)32-3/h7-9,11-14,17,23,29H,5-6,10,15-16H2,1-4H3/b24-22-. The van der Waals surface area contributed by atoms with E-state index in [1.54, 1.807) is 42.3 Å². The van der Waals surface area contributed by atoms with Crippen LogP contribution in [-0.4, -0.2) is 67.0 Å². The second-order valence-corrected chi connectivity index (χ2v) is 7.85. The van der Waals surface area contributed by atoms with Crippen molar-refractivity contribution in [2.24, 2.45) is 0 Å². The Kier molecular flexibility index (Phi) is 8.11. The first-order valence-corrected chi connectivity index (χ1v) is 11.2. The molecule has 7 nitrogen and oxygen atoms in total. The van der Waals surface area contributed by atoms with Gasteiger partial charge in [0.05, 0.1) is 25.8 Å². The number of rotatable bonds is 10. The molecule has 0 aromatic heterocycles. The number of ketones is 1. The van der Waals surface area contributed by atoms with Crippen molar-refractivity contribution in [3.8, 4) is 11.5 Å². The Hall–Kier alpha value is -3.32. The Morgan fingerprint density at radius 3 is 2.42 bits per heavy atom. The quantitative estimate of drug-likeness (QED) is 0.335. The van der Waals surface area contributed by atoms with Gasteiger partial charge in [0.15, 0.2) is 0 Å². The number of para-hydroxylation sites is 1. The van der Waals surface area contributed by atoms with Crippen LogP contribution in [0, 0.1) is 0 Å². The normalized spacial score (nSPS) is 17.6. The fraction of sp³-hybridized carbons (Fsp3) is 0.385. The molecule has 176 valence electrons. The molecule has 1 N–H and O–H groups in total. The van der Waals surface area contributed by atoms with E-state index < -0.39 is 17.7 Å². The summed E-state index contributed by atoms with van der Waals surface area (Å²) in [5.74, 6) is -0.450. The van der Waals surface area contributed by atoms with Crippen LogP contribution in [0.3, 0.4) is 0 Å². The lowest BCUT2D eigenvalue weighted by Crippen LogP contribution is -2.33. The Balaban J connectivity index is 2.09. The second kappa shape index (κ2) is 11.0. The summed E-state index contributed by atoms with van der Waals surface area (Å²) in [4.78, 5) is 30.1. The van der Waals surface area contributed by atoms with E-state index in [-0.39, 0.29) is 11.3 Å². The van der Waals surface area contributed by atoms with Crippen LogP contribution in [0.2, 0.25) is 0 Å². The van der Waals surface area contributed by atoms with Crippen LogP contribution >= 0.6 is 0 Å². The minimum absolute atomic E-state index is 0.0561. The average Bonchev–Trinajstić information content (AvgIpc) is 3.10. The summed E-state index contributed by atoms with van der Waals surface area (Å²) in [6.07, 6.45) is 0.708. The number of benzene rings is 2. The number of carbonyl (C=O) groups is 2. The SMILES string of the molecule is CCN(CC)CCCN1C(=O)C(=O)/C(=C(\O)c2cccc(OC)c2)C1c1ccccc1OC. The molecule has 0 aliphatic carbocycles. The van der Waals surface area contributed by atoms with E-state index in [4.69, 9.17) is 9.47 Å². The van der Waals surface area contributed by atoms with Gasteiger partial charge in [-0.05, 0) is 44.3 Å². The minimum atomic E-state index is -0.746. The molecule has 2 aromatic carbocycles. The summed E-state index contributed by atoms with van der Waals surface area (Å²) in [5.41, 5.74) is 1.13. The van der Waals surface area contributed by atoms with E-state index in [0.717, 1.165) is 19.6 Å². The Morgan fingerprint density at radius 2 is 1.76 bits per heavy atom. The summed E-state index contributed by atoms with van der Waals surface area (Å²) in [5, 5.41) is 11.2. The smallest absolute Gasteiger partial charge is 0.295 e. The van der Waals surface area contributed by atoms with Crippen molar-refractivity contribution < 1.29 is 24.2 Å². The number of amides is 1. The molecule has 0 bridgehead atoms. The third-order valence-corrected chi connectivity index (χ3v) is 6.08. The topological polar surface area (TPSA) is 79.3 Å². The van der Waals surface area contributed by atoms with Crippen molar-refractivity contribution in [1.82, 2.24) is 9.80 Å². The molecule has 1 aliphatic heterocycles. The van der Waals surface area contributed by atoms with Crippen LogP contribution in [-0.2, 0) is 9.59 Å². The van der Waals surface area contributed by atoms with E-state index in [9.17, 15) is 14.7 Å². The van der Waals surface area contributed by atoms with Crippen LogP contribution in [0.25, 0.3) is 5.76 Å². The van der Waals surface area contributed by atoms with Gasteiger partial charge in [0.25, 0.3) is 11.7 Å². The van der Waals surface area contributed by atoms with Gasteiger partial charge in [-0.3, -0.25) is 9.59 Å². The summed E-state index contributed by atoms with van der Waals surface area (Å²) >= 11 is 0. The third-order valence-electron chi connectivity index (χ3n) is 6.08. The molecule has 33 heavy (non-hydrogen) atoms. The first-order valence-electron chi connectivity index (χ1n) is 11.2. The summed E-state index contributed by atoms with van der Waals surface area (Å²) in [6.45, 7) is 7.22. The molecule has 1 amide bonds. The molecular weight excluding hydrogens is 420 g/mol. The van der Waals surface area contributed by atoms with Crippen molar-refractivity contribution in [1.29, 1.82) is 0 Å². The molecule has 1 fully saturated rings. The molecule has 0 spiro atoms. The Labute approximate surface area is 195 Å². The number of Topliss-reactive ketones (excluding diaryl/α,β-unsaturated/α-hetero) is 1. The third kappa shape index (κ3) is 5.03. The van der Waals surface area contributed by atoms with E-state index >= 15 is 0 Å². The van der Waals surface area contributed by atoms with Crippen molar-refractivity contribution in [3.05, 3.63) is 65.2 Å². The van der Waals surface area contributed by atoms with Crippen molar-refractivity contribution in [2.75, 3.05) is 40.4 Å². The van der Waals surface area contributed by atoms with Crippen LogP contribution in [0.15, 0.2) is 54.1 Å². The molecule has 0 radical (unpaired) electrons. The lowest BCUT2D eigenvalue weighted by atomic mass is 9.94. The number of aliphatic hydroxyl groups excluding tert-OH is 1. The van der Waals surface area contributed by atoms with Crippen LogP contribution in [0.5, 0.6) is 11.5 Å². The van der Waals surface area contributed by atoms with Gasteiger partial charge in [-0.2, -0.15) is 0 Å². The predicted octanol–water partition coefficient (Wildman–Crippen LogP) is 3.86. The fourth-order valence-corrected chi connectivity index (χ4v) is 4.26. The lowest BCUT2D eigenvalue weighted by Gasteiger charge is -2.27. The molecule has 1 unspecified atom stereocenters. The van der Waals surface area contributed by atoms with Gasteiger partial charge < -0.3 is 24.4 Å². The van der Waals surface area contributed by atoms with Crippen molar-refractivity contribution >= 4 is 17.4 Å². The van der Waals surface area contributed by atoms with Gasteiger partial charge in [-0.1, -0.05) is 44.2 Å². The van der Waals surface area contributed by atoms with E-state index in [2.05, 4.69) is 18.7 Å². The zero-order chi connectivity index (χ0) is 24.0. The van der Waals surface area contributed by atoms with E-state index in [1.165, 1.54) is 7.11 Å². The van der Waals surface area contributed by atoms with Crippen LogP contribution < -0.4 is 9.47 Å². The predicted molar refractivity (Wildman–Crippen MR) is 127 cm³/mol. The van der Waals surface area contributed by atoms with Crippen molar-refractivity contribution in [3.63, 3.8) is 0 Å². The maximum absolute atomic E-state index is 13.2. The zero-order valence-electron chi connectivity index (χ0n) is 19.7. The maximum Gasteiger partial charge on any atom is 0.295 e. The minimum Gasteiger partial charge on any atom is -0.507 e. The molecule has 7 heteroatoms. The number of hydrogen-bond donors (Lipinski definition) is 1. The van der Waals surface area contributed by atoms with Gasteiger partial charge in [0, 0.05) is 17.7 Å². The first-order chi connectivity index (χ1) is 16.0. The second-order valence-electron chi connectivity index (χ2n) is 7.85. The number of methoxy groups -OCH3 is 2. The average molecular weight is 453 g/mol. The van der Waals surface area contributed by atoms with E-state index in [1.807, 2.05) is 18.2 Å². The number of aliphatic hydroxyl groups is 1. The molecule has 1 heterocycles. The highest BCUT2D eigenvalue weighted by Crippen LogP contribution is 2.42. The van der Waals surface area contributed by atoms with Crippen molar-refractivity contribution in [2.45, 2.75) is 26.3 Å². The Morgan fingerprint density at radius 1 is 1.03 bits per heavy atom. The molecule has 1 atom stereocenters. The monoisotopic (exact) mass is 452 g/mol. The van der Waals surface area contributed by atoms with Gasteiger partial charge >= 0.3 is 0 Å². The van der Waals surface area contributed by atoms with Gasteiger partial charge in [0.1, 0.15) is 17.3 Å². The largest absolute Gasteiger partial charge is 0.507 e. The highest BCUT2D eigenvalue weighted by Gasteiger charge is 2.46. The number of likely N-dealkylation sites (tertiary alicyclic amines) is 1. The maximum atomic E-state index is 13.2. The lowest BCUT2D eigenvalue weighted by molar-refractivity contribution is -0.140. The summed E-state index contributed by atoms with van der Waals surface area (Å²) in [6, 6.07) is 13.3. The fourth-order valence-electron chi connectivity index (χ4n) is 4.26. The molecule has 1 aliphatic rings. The number of carbonyl (C=O) groups excluding carboxylic acids is 2. The van der Waals surface area contributed by atoms with E-state index in [0.29, 0.717) is 35.6 Å². The molecular formula is C26H32N2O5.